The molecule has 2 heterocycles. The highest BCUT2D eigenvalue weighted by Gasteiger charge is 2.57. The fourth-order valence-electron chi connectivity index (χ4n) is 3.98. The Balaban J connectivity index is 1.68. The molecule has 0 radical (unpaired) electrons. The van der Waals surface area contributed by atoms with Crippen molar-refractivity contribution in [3.05, 3.63) is 59.7 Å². The molecule has 1 fully saturated rings. The number of fused-ring (bicyclic) bond motifs is 1. The number of halogens is 2. The van der Waals surface area contributed by atoms with E-state index in [1.807, 2.05) is 4.90 Å². The molecule has 4 rings (SSSR count). The Hall–Kier alpha value is -2.80. The number of amides is 1. The molecule has 1 saturated heterocycles. The van der Waals surface area contributed by atoms with Crippen molar-refractivity contribution in [1.29, 1.82) is 0 Å². The molecule has 2 aliphatic heterocycles. The number of carbonyl (C=O) groups is 2. The number of ketones is 1. The SMILES string of the molecule is CN1C[C@@H](C(=O)Nc2ccccc2F)[C@@]2(COc3ccc(F)cc3C2=O)C1. The van der Waals surface area contributed by atoms with Gasteiger partial charge in [0.15, 0.2) is 5.78 Å². The van der Waals surface area contributed by atoms with Crippen LogP contribution in [0.3, 0.4) is 0 Å². The van der Waals surface area contributed by atoms with E-state index in [0.29, 0.717) is 18.8 Å². The quantitative estimate of drug-likeness (QED) is 0.881. The standard InChI is InChI=1S/C20H18F2N2O3/c1-24-9-14(19(26)23-16-5-3-2-4-15(16)22)20(10-24)11-27-17-7-6-12(21)8-13(17)18(20)25/h2-8,14H,9-11H2,1H3,(H,23,26)/t14-,20-/m0/s1. The molecule has 2 aliphatic rings. The van der Waals surface area contributed by atoms with Gasteiger partial charge in [-0.05, 0) is 37.4 Å². The van der Waals surface area contributed by atoms with Crippen molar-refractivity contribution >= 4 is 17.4 Å². The zero-order chi connectivity index (χ0) is 19.2. The first-order valence-electron chi connectivity index (χ1n) is 8.62. The second-order valence-electron chi connectivity index (χ2n) is 7.13. The summed E-state index contributed by atoms with van der Waals surface area (Å²) in [5.74, 6) is -2.30. The van der Waals surface area contributed by atoms with Crippen molar-refractivity contribution in [3.8, 4) is 5.75 Å². The summed E-state index contributed by atoms with van der Waals surface area (Å²) in [6, 6.07) is 9.64. The van der Waals surface area contributed by atoms with E-state index in [9.17, 15) is 18.4 Å². The van der Waals surface area contributed by atoms with Crippen LogP contribution in [0.15, 0.2) is 42.5 Å². The zero-order valence-corrected chi connectivity index (χ0v) is 14.7. The van der Waals surface area contributed by atoms with Gasteiger partial charge >= 0.3 is 0 Å². The third kappa shape index (κ3) is 2.88. The normalized spacial score (nSPS) is 24.6. The molecule has 140 valence electrons. The molecular weight excluding hydrogens is 354 g/mol. The van der Waals surface area contributed by atoms with Crippen molar-refractivity contribution < 1.29 is 23.1 Å². The van der Waals surface area contributed by atoms with E-state index in [1.54, 1.807) is 13.1 Å². The number of anilines is 1. The number of hydrogen-bond acceptors (Lipinski definition) is 4. The van der Waals surface area contributed by atoms with Crippen molar-refractivity contribution in [2.24, 2.45) is 11.3 Å². The van der Waals surface area contributed by atoms with Crippen LogP contribution in [0.5, 0.6) is 5.75 Å². The largest absolute Gasteiger partial charge is 0.492 e. The fourth-order valence-corrected chi connectivity index (χ4v) is 3.98. The highest BCUT2D eigenvalue weighted by molar-refractivity contribution is 6.08. The van der Waals surface area contributed by atoms with Gasteiger partial charge in [0.1, 0.15) is 24.0 Å². The van der Waals surface area contributed by atoms with Gasteiger partial charge in [0, 0.05) is 13.1 Å². The number of nitrogens with zero attached hydrogens (tertiary/aromatic N) is 1. The molecule has 7 heteroatoms. The van der Waals surface area contributed by atoms with Crippen LogP contribution in [-0.4, -0.2) is 43.3 Å². The summed E-state index contributed by atoms with van der Waals surface area (Å²) in [5.41, 5.74) is -0.937. The summed E-state index contributed by atoms with van der Waals surface area (Å²) in [4.78, 5) is 28.0. The zero-order valence-electron chi connectivity index (χ0n) is 14.7. The fraction of sp³-hybridized carbons (Fsp3) is 0.300. The van der Waals surface area contributed by atoms with Crippen molar-refractivity contribution in [2.75, 3.05) is 32.1 Å². The molecule has 1 spiro atoms. The van der Waals surface area contributed by atoms with Crippen LogP contribution in [0, 0.1) is 23.0 Å². The first-order chi connectivity index (χ1) is 12.9. The lowest BCUT2D eigenvalue weighted by Gasteiger charge is -2.36. The Bertz CT molecular complexity index is 933. The molecule has 27 heavy (non-hydrogen) atoms. The summed E-state index contributed by atoms with van der Waals surface area (Å²) in [6.07, 6.45) is 0. The number of likely N-dealkylation sites (tertiary alicyclic amines) is 1. The number of benzene rings is 2. The molecule has 2 aromatic rings. The Kier molecular flexibility index (Phi) is 4.19. The van der Waals surface area contributed by atoms with E-state index >= 15 is 0 Å². The smallest absolute Gasteiger partial charge is 0.230 e. The monoisotopic (exact) mass is 372 g/mol. The maximum absolute atomic E-state index is 13.9. The van der Waals surface area contributed by atoms with E-state index in [-0.39, 0.29) is 23.6 Å². The van der Waals surface area contributed by atoms with Gasteiger partial charge in [-0.25, -0.2) is 8.78 Å². The minimum Gasteiger partial charge on any atom is -0.492 e. The van der Waals surface area contributed by atoms with E-state index in [2.05, 4.69) is 5.32 Å². The number of ether oxygens (including phenoxy) is 1. The molecule has 5 nitrogen and oxygen atoms in total. The van der Waals surface area contributed by atoms with E-state index in [1.165, 1.54) is 30.3 Å². The summed E-state index contributed by atoms with van der Waals surface area (Å²) >= 11 is 0. The molecule has 0 bridgehead atoms. The first-order valence-corrected chi connectivity index (χ1v) is 8.62. The molecule has 1 amide bonds. The molecule has 1 N–H and O–H groups in total. The average Bonchev–Trinajstić information content (AvgIpc) is 2.98. The molecule has 0 saturated carbocycles. The van der Waals surface area contributed by atoms with E-state index in [4.69, 9.17) is 4.74 Å². The summed E-state index contributed by atoms with van der Waals surface area (Å²) < 4.78 is 33.3. The highest BCUT2D eigenvalue weighted by atomic mass is 19.1. The maximum atomic E-state index is 13.9. The third-order valence-electron chi connectivity index (χ3n) is 5.29. The molecule has 0 unspecified atom stereocenters. The van der Waals surface area contributed by atoms with Crippen LogP contribution in [0.2, 0.25) is 0 Å². The molecule has 0 aliphatic carbocycles. The number of hydrogen-bond donors (Lipinski definition) is 1. The molecular formula is C20H18F2N2O3. The predicted octanol–water partition coefficient (Wildman–Crippen LogP) is 2.73. The highest BCUT2D eigenvalue weighted by Crippen LogP contribution is 2.44. The van der Waals surface area contributed by atoms with Crippen LogP contribution in [0.4, 0.5) is 14.5 Å². The first kappa shape index (κ1) is 17.6. The Morgan fingerprint density at radius 2 is 2.04 bits per heavy atom. The van der Waals surface area contributed by atoms with Crippen LogP contribution >= 0.6 is 0 Å². The minimum absolute atomic E-state index is 0.0180. The van der Waals surface area contributed by atoms with E-state index in [0.717, 1.165) is 6.07 Å². The van der Waals surface area contributed by atoms with Crippen molar-refractivity contribution in [3.63, 3.8) is 0 Å². The van der Waals surface area contributed by atoms with Crippen LogP contribution in [0.25, 0.3) is 0 Å². The lowest BCUT2D eigenvalue weighted by Crippen LogP contribution is -2.50. The maximum Gasteiger partial charge on any atom is 0.230 e. The Morgan fingerprint density at radius 1 is 1.26 bits per heavy atom. The van der Waals surface area contributed by atoms with Gasteiger partial charge < -0.3 is 15.0 Å². The molecule has 2 atom stereocenters. The number of nitrogens with one attached hydrogen (secondary N) is 1. The Labute approximate surface area is 154 Å². The average molecular weight is 372 g/mol. The molecule has 2 aromatic carbocycles. The van der Waals surface area contributed by atoms with Crippen LogP contribution < -0.4 is 10.1 Å². The number of para-hydroxylation sites is 1. The minimum atomic E-state index is -1.13. The topological polar surface area (TPSA) is 58.6 Å². The predicted molar refractivity (Wildman–Crippen MR) is 94.7 cm³/mol. The lowest BCUT2D eigenvalue weighted by molar-refractivity contribution is -0.122. The summed E-state index contributed by atoms with van der Waals surface area (Å²) in [5, 5.41) is 2.58. The lowest BCUT2D eigenvalue weighted by atomic mass is 9.71. The second-order valence-corrected chi connectivity index (χ2v) is 7.13. The molecule has 0 aromatic heterocycles. The summed E-state index contributed by atoms with van der Waals surface area (Å²) in [6.45, 7) is 0.640. The van der Waals surface area contributed by atoms with Gasteiger partial charge in [0.2, 0.25) is 5.91 Å². The Morgan fingerprint density at radius 3 is 2.81 bits per heavy atom. The van der Waals surface area contributed by atoms with Crippen molar-refractivity contribution in [2.45, 2.75) is 0 Å². The van der Waals surface area contributed by atoms with Crippen molar-refractivity contribution in [1.82, 2.24) is 4.90 Å². The van der Waals surface area contributed by atoms with Crippen LogP contribution in [0.1, 0.15) is 10.4 Å². The van der Waals surface area contributed by atoms with Gasteiger partial charge in [-0.3, -0.25) is 9.59 Å². The number of carbonyl (C=O) groups excluding carboxylic acids is 2. The summed E-state index contributed by atoms with van der Waals surface area (Å²) in [7, 11) is 1.80. The van der Waals surface area contributed by atoms with Crippen LogP contribution in [-0.2, 0) is 4.79 Å². The third-order valence-corrected chi connectivity index (χ3v) is 5.29. The van der Waals surface area contributed by atoms with Gasteiger partial charge in [0.25, 0.3) is 0 Å². The second kappa shape index (κ2) is 6.42. The van der Waals surface area contributed by atoms with Gasteiger partial charge in [-0.2, -0.15) is 0 Å². The number of rotatable bonds is 2. The number of Topliss-reactive ketones (excluding diaryl/α,β-unsaturated/α-hetero) is 1. The van der Waals surface area contributed by atoms with Gasteiger partial charge in [0.05, 0.1) is 22.6 Å². The van der Waals surface area contributed by atoms with Gasteiger partial charge in [-0.1, -0.05) is 12.1 Å². The van der Waals surface area contributed by atoms with Gasteiger partial charge in [-0.15, -0.1) is 0 Å². The van der Waals surface area contributed by atoms with E-state index < -0.39 is 28.9 Å².